The van der Waals surface area contributed by atoms with Gasteiger partial charge in [-0.25, -0.2) is 0 Å². The van der Waals surface area contributed by atoms with Crippen molar-refractivity contribution in [2.75, 3.05) is 19.8 Å². The first kappa shape index (κ1) is 12.7. The van der Waals surface area contributed by atoms with Gasteiger partial charge in [-0.05, 0) is 70.4 Å². The van der Waals surface area contributed by atoms with Gasteiger partial charge in [0.2, 0.25) is 0 Å². The molecule has 5 rings (SSSR count). The molecule has 4 bridgehead atoms. The van der Waals surface area contributed by atoms with Gasteiger partial charge in [0.05, 0.1) is 5.69 Å². The summed E-state index contributed by atoms with van der Waals surface area (Å²) in [5.74, 6) is 3.61. The minimum atomic E-state index is 0.344. The van der Waals surface area contributed by atoms with Gasteiger partial charge in [0, 0.05) is 17.5 Å². The lowest BCUT2D eigenvalue weighted by Gasteiger charge is -2.57. The molecule has 20 heavy (non-hydrogen) atoms. The molecule has 0 unspecified atom stereocenters. The highest BCUT2D eigenvalue weighted by atomic mass is 15.2. The second-order valence-electron chi connectivity index (χ2n) is 7.90. The number of rotatable bonds is 3. The van der Waals surface area contributed by atoms with E-state index < -0.39 is 0 Å². The summed E-state index contributed by atoms with van der Waals surface area (Å²) in [6.07, 6.45) is 8.47. The second kappa shape index (κ2) is 4.23. The third kappa shape index (κ3) is 1.80. The van der Waals surface area contributed by atoms with Crippen LogP contribution in [-0.4, -0.2) is 29.2 Å². The number of hydrogen-bond acceptors (Lipinski definition) is 3. The Morgan fingerprint density at radius 1 is 1.15 bits per heavy atom. The number of H-pyrrole nitrogens is 1. The first-order chi connectivity index (χ1) is 9.56. The van der Waals surface area contributed by atoms with Crippen LogP contribution in [0.5, 0.6) is 0 Å². The van der Waals surface area contributed by atoms with Crippen molar-refractivity contribution >= 4 is 5.82 Å². The molecule has 4 aliphatic rings. The van der Waals surface area contributed by atoms with E-state index in [0.717, 1.165) is 30.1 Å². The minimum Gasteiger partial charge on any atom is -0.382 e. The molecule has 0 amide bonds. The molecule has 4 aliphatic carbocycles. The highest BCUT2D eigenvalue weighted by Gasteiger charge is 2.53. The summed E-state index contributed by atoms with van der Waals surface area (Å²) in [7, 11) is 4.22. The van der Waals surface area contributed by atoms with Gasteiger partial charge in [0.25, 0.3) is 0 Å². The van der Waals surface area contributed by atoms with Gasteiger partial charge < -0.3 is 10.6 Å². The van der Waals surface area contributed by atoms with Crippen LogP contribution in [-0.2, 0) is 12.0 Å². The van der Waals surface area contributed by atoms with Crippen molar-refractivity contribution in [3.63, 3.8) is 0 Å². The zero-order chi connectivity index (χ0) is 13.9. The number of nitrogens with one attached hydrogen (secondary N) is 1. The van der Waals surface area contributed by atoms with Crippen LogP contribution in [0.25, 0.3) is 0 Å². The summed E-state index contributed by atoms with van der Waals surface area (Å²) in [6, 6.07) is 0. The highest BCUT2D eigenvalue weighted by molar-refractivity contribution is 5.49. The molecule has 0 aliphatic heterocycles. The molecule has 3 N–H and O–H groups in total. The lowest BCUT2D eigenvalue weighted by molar-refractivity contribution is -0.00539. The second-order valence-corrected chi connectivity index (χ2v) is 7.90. The predicted octanol–water partition coefficient (Wildman–Crippen LogP) is 2.52. The molecule has 1 heterocycles. The molecule has 4 fully saturated rings. The highest BCUT2D eigenvalue weighted by Crippen LogP contribution is 2.61. The van der Waals surface area contributed by atoms with Crippen LogP contribution in [0.15, 0.2) is 0 Å². The van der Waals surface area contributed by atoms with Crippen LogP contribution in [0.4, 0.5) is 5.82 Å². The monoisotopic (exact) mass is 274 g/mol. The van der Waals surface area contributed by atoms with Crippen LogP contribution in [0.3, 0.4) is 0 Å². The number of nitrogen functional groups attached to an aromatic ring is 1. The largest absolute Gasteiger partial charge is 0.382 e. The Bertz CT molecular complexity index is 481. The number of aromatic amines is 1. The van der Waals surface area contributed by atoms with E-state index in [4.69, 9.17) is 5.73 Å². The Hall–Kier alpha value is -1.03. The van der Waals surface area contributed by atoms with Crippen LogP contribution in [0, 0.1) is 17.8 Å². The lowest BCUT2D eigenvalue weighted by atomic mass is 9.48. The van der Waals surface area contributed by atoms with E-state index in [9.17, 15) is 0 Å². The summed E-state index contributed by atoms with van der Waals surface area (Å²) in [5, 5.41) is 7.57. The topological polar surface area (TPSA) is 57.9 Å². The van der Waals surface area contributed by atoms with Gasteiger partial charge in [-0.1, -0.05) is 0 Å². The summed E-state index contributed by atoms with van der Waals surface area (Å²) >= 11 is 0. The third-order valence-corrected chi connectivity index (χ3v) is 5.91. The maximum Gasteiger partial charge on any atom is 0.149 e. The van der Waals surface area contributed by atoms with E-state index in [1.165, 1.54) is 49.8 Å². The van der Waals surface area contributed by atoms with Crippen molar-refractivity contribution in [3.8, 4) is 0 Å². The standard InChI is InChI=1S/C16H26N4/c1-20(2)9-13-14(15(17)19-18-13)16-6-10-3-11(7-16)5-12(4-10)8-16/h10-12H,3-9H2,1-2H3,(H3,17,18,19). The number of hydrogen-bond donors (Lipinski definition) is 2. The van der Waals surface area contributed by atoms with E-state index >= 15 is 0 Å². The summed E-state index contributed by atoms with van der Waals surface area (Å²) in [4.78, 5) is 2.21. The van der Waals surface area contributed by atoms with E-state index in [1.807, 2.05) is 0 Å². The Morgan fingerprint density at radius 3 is 2.20 bits per heavy atom. The van der Waals surface area contributed by atoms with Crippen molar-refractivity contribution in [2.45, 2.75) is 50.5 Å². The molecule has 0 saturated heterocycles. The van der Waals surface area contributed by atoms with Crippen LogP contribution in [0.2, 0.25) is 0 Å². The molecular formula is C16H26N4. The van der Waals surface area contributed by atoms with Crippen molar-refractivity contribution < 1.29 is 0 Å². The smallest absolute Gasteiger partial charge is 0.149 e. The van der Waals surface area contributed by atoms with Crippen molar-refractivity contribution in [3.05, 3.63) is 11.3 Å². The Labute approximate surface area is 121 Å². The number of anilines is 1. The van der Waals surface area contributed by atoms with E-state index in [2.05, 4.69) is 29.2 Å². The fourth-order valence-corrected chi connectivity index (χ4v) is 5.83. The first-order valence-electron chi connectivity index (χ1n) is 8.03. The first-order valence-corrected chi connectivity index (χ1v) is 8.03. The van der Waals surface area contributed by atoms with Crippen LogP contribution < -0.4 is 5.73 Å². The van der Waals surface area contributed by atoms with Crippen LogP contribution in [0.1, 0.15) is 49.8 Å². The minimum absolute atomic E-state index is 0.344. The number of nitrogens with two attached hydrogens (primary N) is 1. The SMILES string of the molecule is CN(C)Cc1[nH]nc(N)c1C12CC3CC(CC(C3)C1)C2. The van der Waals surface area contributed by atoms with Crippen molar-refractivity contribution in [1.82, 2.24) is 15.1 Å². The number of aromatic nitrogens is 2. The summed E-state index contributed by atoms with van der Waals surface area (Å²) in [6.45, 7) is 0.918. The number of nitrogens with zero attached hydrogens (tertiary/aromatic N) is 2. The van der Waals surface area contributed by atoms with Gasteiger partial charge in [0.15, 0.2) is 0 Å². The van der Waals surface area contributed by atoms with Crippen molar-refractivity contribution in [2.24, 2.45) is 17.8 Å². The van der Waals surface area contributed by atoms with Crippen LogP contribution >= 0.6 is 0 Å². The fourth-order valence-electron chi connectivity index (χ4n) is 5.83. The Kier molecular flexibility index (Phi) is 2.69. The summed E-state index contributed by atoms with van der Waals surface area (Å²) in [5.41, 5.74) is 9.26. The fraction of sp³-hybridized carbons (Fsp3) is 0.812. The van der Waals surface area contributed by atoms with E-state index in [-0.39, 0.29) is 0 Å². The molecule has 4 saturated carbocycles. The molecule has 0 radical (unpaired) electrons. The maximum absolute atomic E-state index is 6.28. The van der Waals surface area contributed by atoms with Crippen molar-refractivity contribution in [1.29, 1.82) is 0 Å². The molecule has 1 aromatic rings. The molecule has 0 atom stereocenters. The van der Waals surface area contributed by atoms with Gasteiger partial charge in [-0.2, -0.15) is 5.10 Å². The summed E-state index contributed by atoms with van der Waals surface area (Å²) < 4.78 is 0. The van der Waals surface area contributed by atoms with Gasteiger partial charge >= 0.3 is 0 Å². The van der Waals surface area contributed by atoms with Gasteiger partial charge in [0.1, 0.15) is 5.82 Å². The lowest BCUT2D eigenvalue weighted by Crippen LogP contribution is -2.49. The van der Waals surface area contributed by atoms with E-state index in [1.54, 1.807) is 0 Å². The van der Waals surface area contributed by atoms with Gasteiger partial charge in [-0.15, -0.1) is 0 Å². The molecule has 110 valence electrons. The molecule has 4 heteroatoms. The molecule has 4 nitrogen and oxygen atoms in total. The molecule has 0 spiro atoms. The quantitative estimate of drug-likeness (QED) is 0.890. The molecule has 1 aromatic heterocycles. The third-order valence-electron chi connectivity index (χ3n) is 5.91. The van der Waals surface area contributed by atoms with E-state index in [0.29, 0.717) is 5.41 Å². The zero-order valence-electron chi connectivity index (χ0n) is 12.7. The Balaban J connectivity index is 1.75. The average molecular weight is 274 g/mol. The normalized spacial score (nSPS) is 38.9. The maximum atomic E-state index is 6.28. The predicted molar refractivity (Wildman–Crippen MR) is 80.2 cm³/mol. The molecular weight excluding hydrogens is 248 g/mol. The Morgan fingerprint density at radius 2 is 1.70 bits per heavy atom. The molecule has 0 aromatic carbocycles. The average Bonchev–Trinajstić information content (AvgIpc) is 2.68. The van der Waals surface area contributed by atoms with Gasteiger partial charge in [-0.3, -0.25) is 5.10 Å². The zero-order valence-corrected chi connectivity index (χ0v) is 12.7.